The Labute approximate surface area is 140 Å². The van der Waals surface area contributed by atoms with Crippen molar-refractivity contribution in [3.05, 3.63) is 35.1 Å². The third kappa shape index (κ3) is 2.96. The molecule has 0 unspecified atom stereocenters. The van der Waals surface area contributed by atoms with E-state index in [1.165, 1.54) is 0 Å². The van der Waals surface area contributed by atoms with Crippen LogP contribution in [-0.4, -0.2) is 52.7 Å². The van der Waals surface area contributed by atoms with Crippen molar-refractivity contribution in [2.75, 3.05) is 32.1 Å². The van der Waals surface area contributed by atoms with Crippen LogP contribution in [0.5, 0.6) is 0 Å². The molecule has 1 atom stereocenters. The third-order valence-electron chi connectivity index (χ3n) is 4.10. The van der Waals surface area contributed by atoms with Crippen LogP contribution >= 0.6 is 0 Å². The van der Waals surface area contributed by atoms with Gasteiger partial charge >= 0.3 is 0 Å². The van der Waals surface area contributed by atoms with Gasteiger partial charge in [0.15, 0.2) is 0 Å². The van der Waals surface area contributed by atoms with E-state index in [-0.39, 0.29) is 12.0 Å². The molecule has 0 aliphatic carbocycles. The van der Waals surface area contributed by atoms with E-state index in [1.807, 2.05) is 6.92 Å². The molecule has 1 aliphatic heterocycles. The number of carbonyl (C=O) groups excluding carboxylic acids is 1. The highest BCUT2D eigenvalue weighted by molar-refractivity contribution is 5.96. The predicted octanol–water partition coefficient (Wildman–Crippen LogP) is 1.59. The summed E-state index contributed by atoms with van der Waals surface area (Å²) in [6.45, 7) is 5.11. The van der Waals surface area contributed by atoms with E-state index in [0.29, 0.717) is 54.6 Å². The molecule has 0 bridgehead atoms. The molecule has 24 heavy (non-hydrogen) atoms. The van der Waals surface area contributed by atoms with Gasteiger partial charge in [-0.05, 0) is 13.3 Å². The number of nitrogens with zero attached hydrogens (tertiary/aromatic N) is 4. The molecule has 2 aromatic heterocycles. The first-order valence-corrected chi connectivity index (χ1v) is 8.00. The lowest BCUT2D eigenvalue weighted by molar-refractivity contribution is -0.0246. The second-order valence-electron chi connectivity index (χ2n) is 5.56. The van der Waals surface area contributed by atoms with Crippen LogP contribution in [0.2, 0.25) is 0 Å². The molecule has 0 spiro atoms. The quantitative estimate of drug-likeness (QED) is 0.909. The van der Waals surface area contributed by atoms with Crippen molar-refractivity contribution in [1.29, 1.82) is 0 Å². The Hall–Kier alpha value is -2.48. The van der Waals surface area contributed by atoms with Crippen LogP contribution in [0.25, 0.3) is 0 Å². The Balaban J connectivity index is 1.83. The predicted molar refractivity (Wildman–Crippen MR) is 86.8 cm³/mol. The van der Waals surface area contributed by atoms with Gasteiger partial charge in [-0.25, -0.2) is 4.98 Å². The first-order valence-electron chi connectivity index (χ1n) is 8.00. The van der Waals surface area contributed by atoms with Crippen molar-refractivity contribution in [2.24, 2.45) is 0 Å². The Bertz CT molecular complexity index is 730. The summed E-state index contributed by atoms with van der Waals surface area (Å²) in [6.07, 6.45) is 3.58. The lowest BCUT2D eigenvalue weighted by atomic mass is 10.1. The number of hydrogen-bond acceptors (Lipinski definition) is 7. The molecule has 8 nitrogen and oxygen atoms in total. The molecular weight excluding hydrogens is 310 g/mol. The molecular formula is C16H21N5O3. The molecule has 2 aromatic rings. The maximum absolute atomic E-state index is 12.9. The van der Waals surface area contributed by atoms with Crippen LogP contribution in [0, 0.1) is 6.92 Å². The minimum absolute atomic E-state index is 0.0752. The maximum Gasteiger partial charge on any atom is 0.259 e. The summed E-state index contributed by atoms with van der Waals surface area (Å²) in [5.41, 5.74) is 1.96. The molecule has 1 aliphatic rings. The standard InChI is InChI=1S/C16H21N5O3/c1-4-11-13(10(2)24-20-11)16(22)21-7-8-23-12(9-21)14-15(17-3)19-6-5-18-14/h5-6,12H,4,7-9H2,1-3H3,(H,17,19)/t12-/m1/s1. The van der Waals surface area contributed by atoms with Gasteiger partial charge in [0.25, 0.3) is 5.91 Å². The van der Waals surface area contributed by atoms with Crippen LogP contribution in [0.3, 0.4) is 0 Å². The molecule has 0 radical (unpaired) electrons. The highest BCUT2D eigenvalue weighted by atomic mass is 16.5. The van der Waals surface area contributed by atoms with Gasteiger partial charge in [0.05, 0.1) is 18.8 Å². The zero-order valence-corrected chi connectivity index (χ0v) is 14.1. The fourth-order valence-corrected chi connectivity index (χ4v) is 2.87. The summed E-state index contributed by atoms with van der Waals surface area (Å²) in [4.78, 5) is 23.3. The molecule has 3 heterocycles. The largest absolute Gasteiger partial charge is 0.372 e. The van der Waals surface area contributed by atoms with Gasteiger partial charge in [-0.3, -0.25) is 9.78 Å². The van der Waals surface area contributed by atoms with Crippen LogP contribution in [0.15, 0.2) is 16.9 Å². The monoisotopic (exact) mass is 331 g/mol. The van der Waals surface area contributed by atoms with Crippen molar-refractivity contribution in [2.45, 2.75) is 26.4 Å². The maximum atomic E-state index is 12.9. The van der Waals surface area contributed by atoms with Crippen molar-refractivity contribution < 1.29 is 14.1 Å². The first-order chi connectivity index (χ1) is 11.7. The Morgan fingerprint density at radius 1 is 1.42 bits per heavy atom. The zero-order chi connectivity index (χ0) is 17.1. The zero-order valence-electron chi connectivity index (χ0n) is 14.1. The fraction of sp³-hybridized carbons (Fsp3) is 0.500. The van der Waals surface area contributed by atoms with Crippen molar-refractivity contribution in [3.63, 3.8) is 0 Å². The molecule has 0 saturated carbocycles. The molecule has 1 fully saturated rings. The summed E-state index contributed by atoms with van der Waals surface area (Å²) in [7, 11) is 1.79. The third-order valence-corrected chi connectivity index (χ3v) is 4.10. The van der Waals surface area contributed by atoms with E-state index in [9.17, 15) is 4.79 Å². The Morgan fingerprint density at radius 3 is 2.96 bits per heavy atom. The minimum Gasteiger partial charge on any atom is -0.372 e. The average molecular weight is 331 g/mol. The van der Waals surface area contributed by atoms with E-state index in [2.05, 4.69) is 20.4 Å². The summed E-state index contributed by atoms with van der Waals surface area (Å²) in [5, 5.41) is 6.98. The topological polar surface area (TPSA) is 93.4 Å². The number of aromatic nitrogens is 3. The van der Waals surface area contributed by atoms with E-state index < -0.39 is 0 Å². The molecule has 128 valence electrons. The summed E-state index contributed by atoms with van der Waals surface area (Å²) in [6, 6.07) is 0. The van der Waals surface area contributed by atoms with Gasteiger partial charge in [0.1, 0.15) is 28.9 Å². The summed E-state index contributed by atoms with van der Waals surface area (Å²) < 4.78 is 11.0. The Morgan fingerprint density at radius 2 is 2.21 bits per heavy atom. The van der Waals surface area contributed by atoms with Crippen molar-refractivity contribution in [3.8, 4) is 0 Å². The first kappa shape index (κ1) is 16.4. The van der Waals surface area contributed by atoms with Gasteiger partial charge in [0.2, 0.25) is 0 Å². The smallest absolute Gasteiger partial charge is 0.259 e. The number of aryl methyl sites for hydroxylation is 2. The van der Waals surface area contributed by atoms with E-state index in [0.717, 1.165) is 0 Å². The van der Waals surface area contributed by atoms with Crippen molar-refractivity contribution in [1.82, 2.24) is 20.0 Å². The average Bonchev–Trinajstić information content (AvgIpc) is 3.01. The highest BCUT2D eigenvalue weighted by Gasteiger charge is 2.31. The number of hydrogen-bond donors (Lipinski definition) is 1. The summed E-state index contributed by atoms with van der Waals surface area (Å²) in [5.74, 6) is 1.14. The van der Waals surface area contributed by atoms with Crippen molar-refractivity contribution >= 4 is 11.7 Å². The minimum atomic E-state index is -0.316. The molecule has 3 rings (SSSR count). The number of nitrogens with one attached hydrogen (secondary N) is 1. The number of rotatable bonds is 4. The number of amides is 1. The highest BCUT2D eigenvalue weighted by Crippen LogP contribution is 2.27. The Kier molecular flexibility index (Phi) is 4.75. The van der Waals surface area contributed by atoms with Crippen LogP contribution in [-0.2, 0) is 11.2 Å². The van der Waals surface area contributed by atoms with E-state index >= 15 is 0 Å². The number of ether oxygens (including phenoxy) is 1. The van der Waals surface area contributed by atoms with Crippen LogP contribution < -0.4 is 5.32 Å². The molecule has 0 aromatic carbocycles. The molecule has 1 saturated heterocycles. The SMILES string of the molecule is CCc1noc(C)c1C(=O)N1CCO[C@@H](c2nccnc2NC)C1. The number of morpholine rings is 1. The molecule has 1 amide bonds. The van der Waals surface area contributed by atoms with Crippen LogP contribution in [0.4, 0.5) is 5.82 Å². The number of carbonyl (C=O) groups is 1. The van der Waals surface area contributed by atoms with Gasteiger partial charge in [-0.2, -0.15) is 0 Å². The van der Waals surface area contributed by atoms with Gasteiger partial charge in [0, 0.05) is 26.0 Å². The van der Waals surface area contributed by atoms with Gasteiger partial charge < -0.3 is 19.5 Å². The van der Waals surface area contributed by atoms with Gasteiger partial charge in [-0.15, -0.1) is 0 Å². The van der Waals surface area contributed by atoms with E-state index in [4.69, 9.17) is 9.26 Å². The number of anilines is 1. The fourth-order valence-electron chi connectivity index (χ4n) is 2.87. The second-order valence-corrected chi connectivity index (χ2v) is 5.56. The van der Waals surface area contributed by atoms with E-state index in [1.54, 1.807) is 31.3 Å². The summed E-state index contributed by atoms with van der Waals surface area (Å²) >= 11 is 0. The normalized spacial score (nSPS) is 17.8. The lowest BCUT2D eigenvalue weighted by Crippen LogP contribution is -2.43. The molecule has 1 N–H and O–H groups in total. The van der Waals surface area contributed by atoms with Crippen LogP contribution in [0.1, 0.15) is 40.5 Å². The second kappa shape index (κ2) is 6.96. The molecule has 8 heteroatoms. The van der Waals surface area contributed by atoms with Gasteiger partial charge in [-0.1, -0.05) is 12.1 Å². The lowest BCUT2D eigenvalue weighted by Gasteiger charge is -2.33.